The zero-order valence-corrected chi connectivity index (χ0v) is 10.8. The number of β-amino-alcohol motifs (C(OH)–C–C–N with tert-alkyl or cyclic N) is 1. The second-order valence-electron chi connectivity index (χ2n) is 4.25. The monoisotopic (exact) mass is 293 g/mol. The minimum absolute atomic E-state index is 0.243. The Hall–Kier alpha value is -1.20. The Morgan fingerprint density at radius 3 is 3.00 bits per heavy atom. The van der Waals surface area contributed by atoms with Crippen molar-refractivity contribution < 1.29 is 5.11 Å². The molecule has 2 heterocycles. The quantitative estimate of drug-likeness (QED) is 0.873. The highest BCUT2D eigenvalue weighted by molar-refractivity contribution is 9.10. The van der Waals surface area contributed by atoms with Crippen LogP contribution in [0.2, 0.25) is 0 Å². The number of halogens is 1. The van der Waals surface area contributed by atoms with Gasteiger partial charge in [0.2, 0.25) is 0 Å². The Bertz CT molecular complexity index is 560. The van der Waals surface area contributed by atoms with Gasteiger partial charge in [0.15, 0.2) is 0 Å². The average Bonchev–Trinajstić information content (AvgIpc) is 2.75. The molecule has 0 aliphatic carbocycles. The first kappa shape index (κ1) is 10.9. The fourth-order valence-electron chi connectivity index (χ4n) is 2.20. The Kier molecular flexibility index (Phi) is 2.72. The predicted octanol–water partition coefficient (Wildman–Crippen LogP) is 1.96. The first-order valence-corrected chi connectivity index (χ1v) is 6.36. The second kappa shape index (κ2) is 4.23. The maximum Gasteiger partial charge on any atom is 0.140 e. The topological polar surface area (TPSA) is 49.2 Å². The van der Waals surface area contributed by atoms with Crippen LogP contribution < -0.4 is 4.90 Å². The van der Waals surface area contributed by atoms with E-state index in [4.69, 9.17) is 0 Å². The molecule has 0 radical (unpaired) electrons. The minimum atomic E-state index is -0.243. The lowest BCUT2D eigenvalue weighted by Crippen LogP contribution is -2.22. The van der Waals surface area contributed by atoms with Gasteiger partial charge < -0.3 is 10.0 Å². The largest absolute Gasteiger partial charge is 0.391 e. The first-order valence-electron chi connectivity index (χ1n) is 5.57. The van der Waals surface area contributed by atoms with Crippen molar-refractivity contribution in [3.05, 3.63) is 29.0 Å². The van der Waals surface area contributed by atoms with Crippen LogP contribution in [0.4, 0.5) is 5.82 Å². The van der Waals surface area contributed by atoms with Crippen LogP contribution in [0, 0.1) is 0 Å². The van der Waals surface area contributed by atoms with E-state index in [1.54, 1.807) is 6.33 Å². The molecule has 5 heteroatoms. The molecule has 0 bridgehead atoms. The normalized spacial score (nSPS) is 20.1. The molecule has 17 heavy (non-hydrogen) atoms. The molecule has 1 atom stereocenters. The number of benzene rings is 1. The molecular weight excluding hydrogens is 282 g/mol. The number of rotatable bonds is 1. The van der Waals surface area contributed by atoms with Crippen molar-refractivity contribution in [3.8, 4) is 0 Å². The number of fused-ring (bicyclic) bond motifs is 1. The van der Waals surface area contributed by atoms with Crippen LogP contribution in [0.25, 0.3) is 10.9 Å². The summed E-state index contributed by atoms with van der Waals surface area (Å²) in [4.78, 5) is 10.7. The molecule has 1 aliphatic heterocycles. The van der Waals surface area contributed by atoms with Gasteiger partial charge in [-0.2, -0.15) is 0 Å². The van der Waals surface area contributed by atoms with Crippen molar-refractivity contribution in [2.45, 2.75) is 12.5 Å². The van der Waals surface area contributed by atoms with Gasteiger partial charge in [0.25, 0.3) is 0 Å². The summed E-state index contributed by atoms with van der Waals surface area (Å²) < 4.78 is 1.01. The van der Waals surface area contributed by atoms with E-state index in [0.29, 0.717) is 6.54 Å². The standard InChI is InChI=1S/C12H12BrN3O/c13-8-1-2-11-10(5-8)12(15-7-14-11)16-4-3-9(17)6-16/h1-2,5,7,9,17H,3-4,6H2/t9-/m1/s1. The van der Waals surface area contributed by atoms with Crippen molar-refractivity contribution in [2.75, 3.05) is 18.0 Å². The molecule has 2 aromatic rings. The highest BCUT2D eigenvalue weighted by Gasteiger charge is 2.22. The number of aliphatic hydroxyl groups is 1. The number of anilines is 1. The van der Waals surface area contributed by atoms with Gasteiger partial charge in [0, 0.05) is 22.9 Å². The average molecular weight is 294 g/mol. The second-order valence-corrected chi connectivity index (χ2v) is 5.16. The fourth-order valence-corrected chi connectivity index (χ4v) is 2.56. The zero-order chi connectivity index (χ0) is 11.8. The molecule has 3 rings (SSSR count). The van der Waals surface area contributed by atoms with Gasteiger partial charge in [0.05, 0.1) is 11.6 Å². The number of hydrogen-bond acceptors (Lipinski definition) is 4. The SMILES string of the molecule is O[C@@H]1CCN(c2ncnc3ccc(Br)cc23)C1. The molecule has 4 nitrogen and oxygen atoms in total. The third-order valence-electron chi connectivity index (χ3n) is 3.04. The van der Waals surface area contributed by atoms with E-state index in [0.717, 1.165) is 34.2 Å². The lowest BCUT2D eigenvalue weighted by atomic mass is 10.2. The summed E-state index contributed by atoms with van der Waals surface area (Å²) in [5.41, 5.74) is 0.930. The molecule has 0 unspecified atom stereocenters. The molecule has 1 fully saturated rings. The Balaban J connectivity index is 2.12. The van der Waals surface area contributed by atoms with Gasteiger partial charge in [-0.25, -0.2) is 9.97 Å². The highest BCUT2D eigenvalue weighted by atomic mass is 79.9. The maximum atomic E-state index is 9.59. The van der Waals surface area contributed by atoms with Crippen LogP contribution in [0.1, 0.15) is 6.42 Å². The van der Waals surface area contributed by atoms with E-state index in [2.05, 4.69) is 30.8 Å². The van der Waals surface area contributed by atoms with E-state index >= 15 is 0 Å². The van der Waals surface area contributed by atoms with Crippen molar-refractivity contribution in [1.82, 2.24) is 9.97 Å². The predicted molar refractivity (Wildman–Crippen MR) is 70.1 cm³/mol. The van der Waals surface area contributed by atoms with Gasteiger partial charge in [0.1, 0.15) is 12.1 Å². The van der Waals surface area contributed by atoms with Crippen LogP contribution in [-0.4, -0.2) is 34.3 Å². The summed E-state index contributed by atoms with van der Waals surface area (Å²) in [6.45, 7) is 1.50. The van der Waals surface area contributed by atoms with E-state index < -0.39 is 0 Å². The van der Waals surface area contributed by atoms with Crippen LogP contribution in [0.5, 0.6) is 0 Å². The highest BCUT2D eigenvalue weighted by Crippen LogP contribution is 2.28. The lowest BCUT2D eigenvalue weighted by Gasteiger charge is -2.18. The van der Waals surface area contributed by atoms with Crippen molar-refractivity contribution in [1.29, 1.82) is 0 Å². The van der Waals surface area contributed by atoms with Crippen molar-refractivity contribution in [2.24, 2.45) is 0 Å². The molecule has 0 saturated carbocycles. The molecule has 88 valence electrons. The number of aromatic nitrogens is 2. The van der Waals surface area contributed by atoms with E-state index in [9.17, 15) is 5.11 Å². The zero-order valence-electron chi connectivity index (χ0n) is 9.17. The summed E-state index contributed by atoms with van der Waals surface area (Å²) >= 11 is 3.46. The fraction of sp³-hybridized carbons (Fsp3) is 0.333. The summed E-state index contributed by atoms with van der Waals surface area (Å²) in [6, 6.07) is 5.96. The third kappa shape index (κ3) is 2.00. The minimum Gasteiger partial charge on any atom is -0.391 e. The van der Waals surface area contributed by atoms with Gasteiger partial charge in [-0.1, -0.05) is 15.9 Å². The van der Waals surface area contributed by atoms with Crippen LogP contribution >= 0.6 is 15.9 Å². The number of nitrogens with zero attached hydrogens (tertiary/aromatic N) is 3. The van der Waals surface area contributed by atoms with Crippen molar-refractivity contribution in [3.63, 3.8) is 0 Å². The number of aliphatic hydroxyl groups excluding tert-OH is 1. The van der Waals surface area contributed by atoms with Crippen molar-refractivity contribution >= 4 is 32.7 Å². The summed E-state index contributed by atoms with van der Waals surface area (Å²) in [7, 11) is 0. The van der Waals surface area contributed by atoms with Gasteiger partial charge in [-0.3, -0.25) is 0 Å². The molecule has 0 amide bonds. The van der Waals surface area contributed by atoms with Gasteiger partial charge in [-0.05, 0) is 24.6 Å². The smallest absolute Gasteiger partial charge is 0.140 e. The molecule has 1 aromatic heterocycles. The van der Waals surface area contributed by atoms with E-state index in [-0.39, 0.29) is 6.10 Å². The van der Waals surface area contributed by atoms with E-state index in [1.165, 1.54) is 0 Å². The molecule has 1 N–H and O–H groups in total. The van der Waals surface area contributed by atoms with Gasteiger partial charge in [-0.15, -0.1) is 0 Å². The lowest BCUT2D eigenvalue weighted by molar-refractivity contribution is 0.198. The molecule has 1 aliphatic rings. The van der Waals surface area contributed by atoms with Gasteiger partial charge >= 0.3 is 0 Å². The molecule has 1 saturated heterocycles. The Morgan fingerprint density at radius 1 is 1.35 bits per heavy atom. The Labute approximate surface area is 107 Å². The molecule has 0 spiro atoms. The Morgan fingerprint density at radius 2 is 2.24 bits per heavy atom. The molecular formula is C12H12BrN3O. The first-order chi connectivity index (χ1) is 8.24. The molecule has 1 aromatic carbocycles. The summed E-state index contributed by atoms with van der Waals surface area (Å²) in [5.74, 6) is 0.910. The summed E-state index contributed by atoms with van der Waals surface area (Å²) in [6.07, 6.45) is 2.14. The van der Waals surface area contributed by atoms with Crippen LogP contribution in [0.3, 0.4) is 0 Å². The maximum absolute atomic E-state index is 9.59. The van der Waals surface area contributed by atoms with Crippen LogP contribution in [-0.2, 0) is 0 Å². The van der Waals surface area contributed by atoms with E-state index in [1.807, 2.05) is 18.2 Å². The van der Waals surface area contributed by atoms with Crippen LogP contribution in [0.15, 0.2) is 29.0 Å². The summed E-state index contributed by atoms with van der Waals surface area (Å²) in [5, 5.41) is 10.6. The number of hydrogen-bond donors (Lipinski definition) is 1. The third-order valence-corrected chi connectivity index (χ3v) is 3.53.